The van der Waals surface area contributed by atoms with E-state index in [1.807, 2.05) is 0 Å². The van der Waals surface area contributed by atoms with E-state index in [0.29, 0.717) is 12.6 Å². The van der Waals surface area contributed by atoms with Crippen LogP contribution in [0.4, 0.5) is 0 Å². The molecule has 0 spiro atoms. The van der Waals surface area contributed by atoms with Gasteiger partial charge in [0.25, 0.3) is 0 Å². The normalized spacial score (nSPS) is 13.1. The van der Waals surface area contributed by atoms with Crippen LogP contribution in [-0.4, -0.2) is 37.7 Å². The Morgan fingerprint density at radius 1 is 1.19 bits per heavy atom. The van der Waals surface area contributed by atoms with Crippen molar-refractivity contribution < 1.29 is 4.74 Å². The second-order valence-electron chi connectivity index (χ2n) is 5.74. The first-order valence-electron chi connectivity index (χ1n) is 8.11. The van der Waals surface area contributed by atoms with Crippen molar-refractivity contribution in [2.45, 2.75) is 52.6 Å². The monoisotopic (exact) mass is 292 g/mol. The molecule has 0 saturated heterocycles. The lowest BCUT2D eigenvalue weighted by Crippen LogP contribution is -2.43. The second-order valence-corrected chi connectivity index (χ2v) is 5.74. The Kier molecular flexibility index (Phi) is 7.94. The van der Waals surface area contributed by atoms with Gasteiger partial charge in [0.1, 0.15) is 0 Å². The van der Waals surface area contributed by atoms with Crippen molar-refractivity contribution in [3.63, 3.8) is 0 Å². The lowest BCUT2D eigenvalue weighted by atomic mass is 9.94. The summed E-state index contributed by atoms with van der Waals surface area (Å²) in [6, 6.07) is 7.35. The highest BCUT2D eigenvalue weighted by atomic mass is 16.5. The van der Waals surface area contributed by atoms with Gasteiger partial charge >= 0.3 is 0 Å². The van der Waals surface area contributed by atoms with Gasteiger partial charge in [0.2, 0.25) is 0 Å². The van der Waals surface area contributed by atoms with Gasteiger partial charge in [0.15, 0.2) is 0 Å². The number of methoxy groups -OCH3 is 1. The van der Waals surface area contributed by atoms with Gasteiger partial charge in [0, 0.05) is 32.3 Å². The summed E-state index contributed by atoms with van der Waals surface area (Å²) in [5.41, 5.74) is 10.2. The molecule has 0 heterocycles. The molecule has 1 aromatic rings. The van der Waals surface area contributed by atoms with Gasteiger partial charge in [-0.2, -0.15) is 0 Å². The van der Waals surface area contributed by atoms with Crippen LogP contribution in [0.5, 0.6) is 0 Å². The summed E-state index contributed by atoms with van der Waals surface area (Å²) in [6.07, 6.45) is 2.28. The van der Waals surface area contributed by atoms with Crippen molar-refractivity contribution in [2.75, 3.05) is 26.8 Å². The third-order valence-electron chi connectivity index (χ3n) is 4.59. The summed E-state index contributed by atoms with van der Waals surface area (Å²) in [4.78, 5) is 2.53. The average Bonchev–Trinajstić information content (AvgIpc) is 2.50. The molecule has 0 amide bonds. The minimum atomic E-state index is 0.268. The van der Waals surface area contributed by atoms with Crippen LogP contribution < -0.4 is 5.73 Å². The highest BCUT2D eigenvalue weighted by molar-refractivity contribution is 5.35. The quantitative estimate of drug-likeness (QED) is 0.757. The fraction of sp³-hybridized carbons (Fsp3) is 0.667. The predicted molar refractivity (Wildman–Crippen MR) is 90.7 cm³/mol. The van der Waals surface area contributed by atoms with Crippen molar-refractivity contribution in [1.82, 2.24) is 4.90 Å². The molecule has 3 nitrogen and oxygen atoms in total. The van der Waals surface area contributed by atoms with Crippen LogP contribution in [0, 0.1) is 13.8 Å². The molecule has 120 valence electrons. The van der Waals surface area contributed by atoms with Crippen LogP contribution in [0.2, 0.25) is 0 Å². The molecule has 0 fully saturated rings. The summed E-state index contributed by atoms with van der Waals surface area (Å²) in [6.45, 7) is 11.2. The smallest absolute Gasteiger partial charge is 0.0590 e. The molecule has 0 bridgehead atoms. The molecule has 0 radical (unpaired) electrons. The Balaban J connectivity index is 3.13. The van der Waals surface area contributed by atoms with E-state index < -0.39 is 0 Å². The van der Waals surface area contributed by atoms with Crippen molar-refractivity contribution in [3.8, 4) is 0 Å². The first kappa shape index (κ1) is 18.1. The van der Waals surface area contributed by atoms with Gasteiger partial charge < -0.3 is 10.5 Å². The Morgan fingerprint density at radius 2 is 1.86 bits per heavy atom. The standard InChI is InChI=1S/C18H32N2O/c1-6-16(7-2)20(11-12-21-5)18(13-19)17-10-8-9-14(3)15(17)4/h8-10,16,18H,6-7,11-13,19H2,1-5H3. The molecule has 0 aliphatic rings. The zero-order valence-corrected chi connectivity index (χ0v) is 14.4. The molecule has 1 rings (SSSR count). The first-order valence-corrected chi connectivity index (χ1v) is 8.11. The minimum Gasteiger partial charge on any atom is -0.383 e. The zero-order valence-electron chi connectivity index (χ0n) is 14.4. The van der Waals surface area contributed by atoms with Crippen molar-refractivity contribution in [2.24, 2.45) is 5.73 Å². The molecular formula is C18H32N2O. The molecule has 1 unspecified atom stereocenters. The van der Waals surface area contributed by atoms with Crippen molar-refractivity contribution >= 4 is 0 Å². The minimum absolute atomic E-state index is 0.268. The van der Waals surface area contributed by atoms with E-state index in [2.05, 4.69) is 50.8 Å². The number of benzene rings is 1. The second kappa shape index (κ2) is 9.19. The molecule has 1 atom stereocenters. The van der Waals surface area contributed by atoms with Crippen LogP contribution in [-0.2, 0) is 4.74 Å². The van der Waals surface area contributed by atoms with E-state index in [0.717, 1.165) is 26.0 Å². The zero-order chi connectivity index (χ0) is 15.8. The molecule has 1 aromatic carbocycles. The topological polar surface area (TPSA) is 38.5 Å². The maximum Gasteiger partial charge on any atom is 0.0590 e. The molecule has 2 N–H and O–H groups in total. The largest absolute Gasteiger partial charge is 0.383 e. The van der Waals surface area contributed by atoms with E-state index in [9.17, 15) is 0 Å². The van der Waals surface area contributed by atoms with E-state index in [1.165, 1.54) is 16.7 Å². The summed E-state index contributed by atoms with van der Waals surface area (Å²) < 4.78 is 5.31. The van der Waals surface area contributed by atoms with Gasteiger partial charge in [-0.15, -0.1) is 0 Å². The maximum atomic E-state index is 6.16. The van der Waals surface area contributed by atoms with Gasteiger partial charge in [-0.25, -0.2) is 0 Å². The number of nitrogens with zero attached hydrogens (tertiary/aromatic N) is 1. The Morgan fingerprint density at radius 3 is 2.38 bits per heavy atom. The predicted octanol–water partition coefficient (Wildman–Crippen LogP) is 3.44. The molecule has 0 aliphatic heterocycles. The number of hydrogen-bond acceptors (Lipinski definition) is 3. The third-order valence-corrected chi connectivity index (χ3v) is 4.59. The van der Waals surface area contributed by atoms with Gasteiger partial charge in [0.05, 0.1) is 6.61 Å². The van der Waals surface area contributed by atoms with Crippen LogP contribution in [0.1, 0.15) is 49.4 Å². The van der Waals surface area contributed by atoms with Crippen LogP contribution in [0.15, 0.2) is 18.2 Å². The molecule has 0 aliphatic carbocycles. The number of rotatable bonds is 9. The Labute approximate surface area is 130 Å². The Bertz CT molecular complexity index is 416. The Hall–Kier alpha value is -0.900. The molecule has 3 heteroatoms. The van der Waals surface area contributed by atoms with Gasteiger partial charge in [-0.05, 0) is 43.4 Å². The van der Waals surface area contributed by atoms with E-state index in [4.69, 9.17) is 10.5 Å². The van der Waals surface area contributed by atoms with Crippen LogP contribution in [0.25, 0.3) is 0 Å². The number of hydrogen-bond donors (Lipinski definition) is 1. The lowest BCUT2D eigenvalue weighted by Gasteiger charge is -2.38. The number of aryl methyl sites for hydroxylation is 1. The highest BCUT2D eigenvalue weighted by Crippen LogP contribution is 2.28. The molecule has 21 heavy (non-hydrogen) atoms. The summed E-state index contributed by atoms with van der Waals surface area (Å²) >= 11 is 0. The van der Waals surface area contributed by atoms with E-state index >= 15 is 0 Å². The fourth-order valence-electron chi connectivity index (χ4n) is 3.12. The van der Waals surface area contributed by atoms with Gasteiger partial charge in [-0.1, -0.05) is 32.0 Å². The molecular weight excluding hydrogens is 260 g/mol. The van der Waals surface area contributed by atoms with Gasteiger partial charge in [-0.3, -0.25) is 4.90 Å². The number of nitrogens with two attached hydrogens (primary N) is 1. The van der Waals surface area contributed by atoms with Crippen molar-refractivity contribution in [1.29, 1.82) is 0 Å². The summed E-state index contributed by atoms with van der Waals surface area (Å²) in [5, 5.41) is 0. The van der Waals surface area contributed by atoms with Crippen LogP contribution in [0.3, 0.4) is 0 Å². The highest BCUT2D eigenvalue weighted by Gasteiger charge is 2.25. The van der Waals surface area contributed by atoms with Crippen molar-refractivity contribution in [3.05, 3.63) is 34.9 Å². The molecule has 0 saturated carbocycles. The summed E-state index contributed by atoms with van der Waals surface area (Å²) in [7, 11) is 1.76. The average molecular weight is 292 g/mol. The third kappa shape index (κ3) is 4.53. The first-order chi connectivity index (χ1) is 10.1. The van der Waals surface area contributed by atoms with Crippen LogP contribution >= 0.6 is 0 Å². The maximum absolute atomic E-state index is 6.16. The number of ether oxygens (including phenoxy) is 1. The fourth-order valence-corrected chi connectivity index (χ4v) is 3.12. The molecule has 0 aromatic heterocycles. The summed E-state index contributed by atoms with van der Waals surface area (Å²) in [5.74, 6) is 0. The lowest BCUT2D eigenvalue weighted by molar-refractivity contribution is 0.0815. The van der Waals surface area contributed by atoms with E-state index in [-0.39, 0.29) is 6.04 Å². The SMILES string of the molecule is CCC(CC)N(CCOC)C(CN)c1cccc(C)c1C. The van der Waals surface area contributed by atoms with E-state index in [1.54, 1.807) is 7.11 Å².